The number of methoxy groups -OCH3 is 1. The lowest BCUT2D eigenvalue weighted by atomic mass is 10.0. The van der Waals surface area contributed by atoms with Crippen LogP contribution in [0.15, 0.2) is 0 Å². The SMILES string of the molecule is COC(=O)[C@@H]1OC(C)(C)O[C@H]1C(=O)NCCOCCOCCNC(=O)CCCC[C@@H]1SC[C@@H]2NC(=O)N[C@@H]21. The van der Waals surface area contributed by atoms with E-state index in [4.69, 9.17) is 18.9 Å². The molecule has 0 aromatic rings. The second kappa shape index (κ2) is 14.9. The molecule has 0 saturated carbocycles. The van der Waals surface area contributed by atoms with E-state index in [9.17, 15) is 19.2 Å². The average molecular weight is 561 g/mol. The van der Waals surface area contributed by atoms with Gasteiger partial charge in [0.1, 0.15) is 0 Å². The molecule has 4 amide bonds. The molecule has 3 heterocycles. The van der Waals surface area contributed by atoms with Crippen LogP contribution in [0.2, 0.25) is 0 Å². The first-order valence-corrected chi connectivity index (χ1v) is 14.1. The van der Waals surface area contributed by atoms with E-state index in [0.717, 1.165) is 25.0 Å². The summed E-state index contributed by atoms with van der Waals surface area (Å²) in [5.74, 6) is -1.27. The molecule has 0 bridgehead atoms. The highest BCUT2D eigenvalue weighted by atomic mass is 32.2. The fourth-order valence-electron chi connectivity index (χ4n) is 4.54. The van der Waals surface area contributed by atoms with E-state index in [2.05, 4.69) is 26.0 Å². The van der Waals surface area contributed by atoms with Crippen molar-refractivity contribution < 1.29 is 42.9 Å². The van der Waals surface area contributed by atoms with Gasteiger partial charge in [-0.05, 0) is 26.7 Å². The number of carbonyl (C=O) groups is 4. The Hall–Kier alpha value is -2.13. The predicted molar refractivity (Wildman–Crippen MR) is 137 cm³/mol. The second-order valence-electron chi connectivity index (χ2n) is 9.73. The fourth-order valence-corrected chi connectivity index (χ4v) is 6.08. The summed E-state index contributed by atoms with van der Waals surface area (Å²) in [7, 11) is 1.22. The lowest BCUT2D eigenvalue weighted by molar-refractivity contribution is -0.168. The standard InChI is InChI=1S/C24H40N4O9S/c1-24(2)36-19(20(37-24)22(31)33-3)21(30)26-9-11-35-13-12-34-10-8-25-17(29)7-5-4-6-16-18-15(14-38-16)27-23(32)28-18/h15-16,18-20H,4-14H2,1-3H3,(H,25,29)(H,26,30)(H2,27,28,32)/t15-,16-,18-,19+,20+/m0/s1. The lowest BCUT2D eigenvalue weighted by Crippen LogP contribution is -2.45. The van der Waals surface area contributed by atoms with Crippen molar-refractivity contribution in [2.45, 2.75) is 74.9 Å². The number of thioether (sulfide) groups is 1. The topological polar surface area (TPSA) is 163 Å². The Balaban J connectivity index is 1.12. The van der Waals surface area contributed by atoms with Crippen molar-refractivity contribution in [2.24, 2.45) is 0 Å². The van der Waals surface area contributed by atoms with Gasteiger partial charge in [-0.25, -0.2) is 9.59 Å². The molecule has 5 atom stereocenters. The van der Waals surface area contributed by atoms with E-state index < -0.39 is 29.9 Å². The van der Waals surface area contributed by atoms with Crippen molar-refractivity contribution in [2.75, 3.05) is 52.4 Å². The highest BCUT2D eigenvalue weighted by Gasteiger charge is 2.49. The predicted octanol–water partition coefficient (Wildman–Crippen LogP) is -0.329. The Morgan fingerprint density at radius 1 is 1.00 bits per heavy atom. The van der Waals surface area contributed by atoms with Crippen LogP contribution in [0.4, 0.5) is 4.79 Å². The maximum Gasteiger partial charge on any atom is 0.338 e. The second-order valence-corrected chi connectivity index (χ2v) is 11.0. The molecule has 3 aliphatic heterocycles. The van der Waals surface area contributed by atoms with Crippen LogP contribution in [-0.4, -0.2) is 112 Å². The molecule has 13 nitrogen and oxygen atoms in total. The summed E-state index contributed by atoms with van der Waals surface area (Å²) in [6.45, 7) is 5.22. The molecule has 0 radical (unpaired) electrons. The summed E-state index contributed by atoms with van der Waals surface area (Å²) < 4.78 is 26.5. The number of carbonyl (C=O) groups excluding carboxylic acids is 4. The van der Waals surface area contributed by atoms with Gasteiger partial charge in [-0.3, -0.25) is 9.59 Å². The smallest absolute Gasteiger partial charge is 0.338 e. The number of amides is 4. The third kappa shape index (κ3) is 9.26. The minimum absolute atomic E-state index is 0.00264. The molecule has 0 aliphatic carbocycles. The Morgan fingerprint density at radius 3 is 2.39 bits per heavy atom. The minimum atomic E-state index is -1.12. The molecule has 216 valence electrons. The van der Waals surface area contributed by atoms with Gasteiger partial charge in [0.2, 0.25) is 5.91 Å². The maximum absolute atomic E-state index is 12.4. The van der Waals surface area contributed by atoms with Gasteiger partial charge in [-0.2, -0.15) is 11.8 Å². The van der Waals surface area contributed by atoms with E-state index in [0.29, 0.717) is 38.0 Å². The lowest BCUT2D eigenvalue weighted by Gasteiger charge is -2.16. The summed E-state index contributed by atoms with van der Waals surface area (Å²) in [6.07, 6.45) is 1.01. The number of urea groups is 1. The van der Waals surface area contributed by atoms with Gasteiger partial charge in [0.25, 0.3) is 5.91 Å². The molecule has 0 aromatic heterocycles. The molecule has 38 heavy (non-hydrogen) atoms. The summed E-state index contributed by atoms with van der Waals surface area (Å²) in [4.78, 5) is 47.6. The maximum atomic E-state index is 12.4. The van der Waals surface area contributed by atoms with Crippen molar-refractivity contribution in [1.82, 2.24) is 21.3 Å². The van der Waals surface area contributed by atoms with E-state index >= 15 is 0 Å². The van der Waals surface area contributed by atoms with Crippen LogP contribution in [0.25, 0.3) is 0 Å². The van der Waals surface area contributed by atoms with Crippen molar-refractivity contribution in [1.29, 1.82) is 0 Å². The van der Waals surface area contributed by atoms with Gasteiger partial charge in [0, 0.05) is 30.5 Å². The first-order chi connectivity index (χ1) is 18.2. The summed E-state index contributed by atoms with van der Waals surface area (Å²) >= 11 is 1.88. The monoisotopic (exact) mass is 560 g/mol. The highest BCUT2D eigenvalue weighted by Crippen LogP contribution is 2.33. The van der Waals surface area contributed by atoms with Crippen LogP contribution in [0.3, 0.4) is 0 Å². The number of nitrogens with one attached hydrogen (secondary N) is 4. The van der Waals surface area contributed by atoms with Crippen molar-refractivity contribution in [3.63, 3.8) is 0 Å². The van der Waals surface area contributed by atoms with Crippen molar-refractivity contribution >= 4 is 35.6 Å². The van der Waals surface area contributed by atoms with Gasteiger partial charge < -0.3 is 45.0 Å². The first kappa shape index (κ1) is 30.4. The van der Waals surface area contributed by atoms with Crippen LogP contribution < -0.4 is 21.3 Å². The molecule has 0 unspecified atom stereocenters. The van der Waals surface area contributed by atoms with Gasteiger partial charge in [-0.1, -0.05) is 6.42 Å². The van der Waals surface area contributed by atoms with E-state index in [1.807, 2.05) is 11.8 Å². The highest BCUT2D eigenvalue weighted by molar-refractivity contribution is 8.00. The molecular weight excluding hydrogens is 520 g/mol. The molecule has 0 aromatic carbocycles. The third-order valence-corrected chi connectivity index (χ3v) is 7.86. The minimum Gasteiger partial charge on any atom is -0.467 e. The van der Waals surface area contributed by atoms with E-state index in [-0.39, 0.29) is 37.2 Å². The van der Waals surface area contributed by atoms with Crippen molar-refractivity contribution in [3.8, 4) is 0 Å². The van der Waals surface area contributed by atoms with Crippen LogP contribution in [-0.2, 0) is 38.1 Å². The van der Waals surface area contributed by atoms with E-state index in [1.165, 1.54) is 7.11 Å². The summed E-state index contributed by atoms with van der Waals surface area (Å²) in [6, 6.07) is 0.361. The van der Waals surface area contributed by atoms with Gasteiger partial charge in [-0.15, -0.1) is 0 Å². The Bertz CT molecular complexity index is 831. The van der Waals surface area contributed by atoms with Gasteiger partial charge in [0.05, 0.1) is 45.6 Å². The largest absolute Gasteiger partial charge is 0.467 e. The molecule has 3 fully saturated rings. The summed E-state index contributed by atoms with van der Waals surface area (Å²) in [5, 5.41) is 11.8. The fraction of sp³-hybridized carbons (Fsp3) is 0.833. The number of rotatable bonds is 16. The molecule has 3 aliphatic rings. The molecule has 3 saturated heterocycles. The van der Waals surface area contributed by atoms with E-state index in [1.54, 1.807) is 13.8 Å². The van der Waals surface area contributed by atoms with Crippen LogP contribution in [0.5, 0.6) is 0 Å². The zero-order valence-electron chi connectivity index (χ0n) is 22.2. The van der Waals surface area contributed by atoms with Crippen LogP contribution in [0.1, 0.15) is 39.5 Å². The zero-order valence-corrected chi connectivity index (χ0v) is 23.1. The van der Waals surface area contributed by atoms with Gasteiger partial charge in [0.15, 0.2) is 18.0 Å². The zero-order chi connectivity index (χ0) is 27.5. The Kier molecular flexibility index (Phi) is 11.9. The van der Waals surface area contributed by atoms with Crippen molar-refractivity contribution in [3.05, 3.63) is 0 Å². The Labute approximate surface area is 227 Å². The molecule has 4 N–H and O–H groups in total. The molecular formula is C24H40N4O9S. The third-order valence-electron chi connectivity index (χ3n) is 6.36. The number of hydrogen-bond donors (Lipinski definition) is 4. The number of esters is 1. The number of fused-ring (bicyclic) bond motifs is 1. The Morgan fingerprint density at radius 2 is 1.68 bits per heavy atom. The quantitative estimate of drug-likeness (QED) is 0.112. The first-order valence-electron chi connectivity index (χ1n) is 13.0. The summed E-state index contributed by atoms with van der Waals surface area (Å²) in [5.41, 5.74) is 0. The average Bonchev–Trinajstić information content (AvgIpc) is 3.53. The number of hydrogen-bond acceptors (Lipinski definition) is 10. The molecule has 0 spiro atoms. The number of ether oxygens (including phenoxy) is 5. The normalized spacial score (nSPS) is 27.3. The number of unbranched alkanes of at least 4 members (excludes halogenated alkanes) is 1. The van der Waals surface area contributed by atoms with Crippen LogP contribution in [0, 0.1) is 0 Å². The van der Waals surface area contributed by atoms with Crippen LogP contribution >= 0.6 is 11.8 Å². The molecule has 3 rings (SSSR count). The molecule has 14 heteroatoms. The van der Waals surface area contributed by atoms with Gasteiger partial charge >= 0.3 is 12.0 Å².